The summed E-state index contributed by atoms with van der Waals surface area (Å²) in [6.45, 7) is 3.33. The van der Waals surface area contributed by atoms with Crippen LogP contribution in [0.4, 0.5) is 13.2 Å². The lowest BCUT2D eigenvalue weighted by molar-refractivity contribution is -0.163. The summed E-state index contributed by atoms with van der Waals surface area (Å²) in [5, 5.41) is 0. The van der Waals surface area contributed by atoms with Gasteiger partial charge in [0.2, 0.25) is 0 Å². The van der Waals surface area contributed by atoms with Crippen LogP contribution in [0.3, 0.4) is 0 Å². The van der Waals surface area contributed by atoms with E-state index in [9.17, 15) is 21.6 Å². The molecule has 0 aromatic heterocycles. The second-order valence-corrected chi connectivity index (χ2v) is 7.18. The molecule has 0 bridgehead atoms. The molecule has 0 saturated heterocycles. The molecule has 2 nitrogen and oxygen atoms in total. The predicted octanol–water partition coefficient (Wildman–Crippen LogP) is 4.49. The second kappa shape index (κ2) is 6.20. The summed E-state index contributed by atoms with van der Waals surface area (Å²) < 4.78 is 64.8. The number of alkyl halides is 3. The molecule has 2 rings (SSSR count). The molecule has 23 heavy (non-hydrogen) atoms. The Morgan fingerprint density at radius 3 is 1.83 bits per heavy atom. The molecule has 0 N–H and O–H groups in total. The Morgan fingerprint density at radius 2 is 1.39 bits per heavy atom. The standard InChI is InChI=1S/C17H15F3O2S/c1-2-13-16(17(18,19)20,14-9-5-3-6-10-14)23(21,22)15-11-7-4-8-12-15/h2-12H,1,13H2. The number of rotatable bonds is 5. The van der Waals surface area contributed by atoms with E-state index in [4.69, 9.17) is 0 Å². The second-order valence-electron chi connectivity index (χ2n) is 5.00. The summed E-state index contributed by atoms with van der Waals surface area (Å²) in [4.78, 5) is -0.372. The Bertz CT molecular complexity index is 768. The third kappa shape index (κ3) is 2.79. The van der Waals surface area contributed by atoms with Crippen LogP contribution in [0.15, 0.2) is 78.2 Å². The van der Waals surface area contributed by atoms with Crippen molar-refractivity contribution >= 4 is 9.84 Å². The number of benzene rings is 2. The van der Waals surface area contributed by atoms with Crippen LogP contribution in [0.25, 0.3) is 0 Å². The molecule has 0 spiro atoms. The molecule has 0 aliphatic carbocycles. The minimum atomic E-state index is -5.00. The summed E-state index contributed by atoms with van der Waals surface area (Å²) in [6, 6.07) is 13.3. The summed E-state index contributed by atoms with van der Waals surface area (Å²) in [6.07, 6.45) is -4.78. The SMILES string of the molecule is C=CCC(c1ccccc1)(C(F)(F)F)S(=O)(=O)c1ccccc1. The largest absolute Gasteiger partial charge is 0.412 e. The molecule has 6 heteroatoms. The predicted molar refractivity (Wildman–Crippen MR) is 82.6 cm³/mol. The van der Waals surface area contributed by atoms with Crippen LogP contribution in [-0.4, -0.2) is 14.6 Å². The van der Waals surface area contributed by atoms with Crippen molar-refractivity contribution in [3.8, 4) is 0 Å². The van der Waals surface area contributed by atoms with Crippen LogP contribution in [0.5, 0.6) is 0 Å². The van der Waals surface area contributed by atoms with E-state index in [2.05, 4.69) is 6.58 Å². The van der Waals surface area contributed by atoms with Crippen LogP contribution in [0.1, 0.15) is 12.0 Å². The third-order valence-electron chi connectivity index (χ3n) is 3.64. The van der Waals surface area contributed by atoms with Gasteiger partial charge in [0.15, 0.2) is 14.6 Å². The van der Waals surface area contributed by atoms with E-state index in [1.54, 1.807) is 6.07 Å². The fraction of sp³-hybridized carbons (Fsp3) is 0.176. The monoisotopic (exact) mass is 340 g/mol. The lowest BCUT2D eigenvalue weighted by Crippen LogP contribution is -2.48. The topological polar surface area (TPSA) is 34.1 Å². The van der Waals surface area contributed by atoms with Crippen molar-refractivity contribution in [2.75, 3.05) is 0 Å². The minimum Gasteiger partial charge on any atom is -0.222 e. The van der Waals surface area contributed by atoms with E-state index in [0.29, 0.717) is 0 Å². The number of allylic oxidation sites excluding steroid dienone is 1. The summed E-state index contributed by atoms with van der Waals surface area (Å²) in [5.74, 6) is 0. The van der Waals surface area contributed by atoms with Crippen molar-refractivity contribution < 1.29 is 21.6 Å². The molecule has 0 aliphatic rings. The molecule has 1 atom stereocenters. The van der Waals surface area contributed by atoms with E-state index in [-0.39, 0.29) is 10.5 Å². The lowest BCUT2D eigenvalue weighted by atomic mass is 9.94. The highest BCUT2D eigenvalue weighted by Gasteiger charge is 2.64. The van der Waals surface area contributed by atoms with Crippen molar-refractivity contribution in [1.29, 1.82) is 0 Å². The van der Waals surface area contributed by atoms with Crippen LogP contribution in [0.2, 0.25) is 0 Å². The van der Waals surface area contributed by atoms with Crippen molar-refractivity contribution in [3.05, 3.63) is 78.9 Å². The molecule has 2 aromatic rings. The van der Waals surface area contributed by atoms with Gasteiger partial charge in [-0.2, -0.15) is 13.2 Å². The molecule has 2 aromatic carbocycles. The van der Waals surface area contributed by atoms with Gasteiger partial charge in [0.1, 0.15) is 0 Å². The average Bonchev–Trinajstić information content (AvgIpc) is 2.53. The molecular formula is C17H15F3O2S. The van der Waals surface area contributed by atoms with Crippen LogP contribution < -0.4 is 0 Å². The highest BCUT2D eigenvalue weighted by atomic mass is 32.2. The Labute approximate surface area is 133 Å². The van der Waals surface area contributed by atoms with Gasteiger partial charge in [-0.25, -0.2) is 8.42 Å². The quantitative estimate of drug-likeness (QED) is 0.751. The van der Waals surface area contributed by atoms with Gasteiger partial charge >= 0.3 is 6.18 Å². The van der Waals surface area contributed by atoms with Gasteiger partial charge in [-0.15, -0.1) is 6.58 Å². The zero-order valence-corrected chi connectivity index (χ0v) is 12.9. The Kier molecular flexibility index (Phi) is 4.66. The van der Waals surface area contributed by atoms with Gasteiger partial charge in [0.05, 0.1) is 4.90 Å². The van der Waals surface area contributed by atoms with Gasteiger partial charge in [0, 0.05) is 0 Å². The zero-order valence-electron chi connectivity index (χ0n) is 12.1. The first-order chi connectivity index (χ1) is 10.8. The molecule has 0 heterocycles. The molecule has 1 unspecified atom stereocenters. The zero-order chi connectivity index (χ0) is 17.1. The molecule has 0 radical (unpaired) electrons. The normalized spacial score (nSPS) is 14.9. The van der Waals surface area contributed by atoms with Gasteiger partial charge in [-0.1, -0.05) is 54.6 Å². The van der Waals surface area contributed by atoms with Crippen molar-refractivity contribution in [2.45, 2.75) is 22.2 Å². The summed E-state index contributed by atoms with van der Waals surface area (Å²) >= 11 is 0. The molecule has 0 aliphatic heterocycles. The maximum Gasteiger partial charge on any atom is 0.412 e. The molecule has 0 fully saturated rings. The Morgan fingerprint density at radius 1 is 0.913 bits per heavy atom. The van der Waals surface area contributed by atoms with Crippen molar-refractivity contribution in [3.63, 3.8) is 0 Å². The number of hydrogen-bond donors (Lipinski definition) is 0. The highest BCUT2D eigenvalue weighted by molar-refractivity contribution is 7.92. The fourth-order valence-electron chi connectivity index (χ4n) is 2.53. The first kappa shape index (κ1) is 17.3. The minimum absolute atomic E-state index is 0.323. The van der Waals surface area contributed by atoms with E-state index in [1.165, 1.54) is 54.6 Å². The smallest absolute Gasteiger partial charge is 0.222 e. The van der Waals surface area contributed by atoms with Crippen LogP contribution in [-0.2, 0) is 14.6 Å². The van der Waals surface area contributed by atoms with Crippen molar-refractivity contribution in [2.24, 2.45) is 0 Å². The lowest BCUT2D eigenvalue weighted by Gasteiger charge is -2.35. The number of sulfone groups is 1. The summed E-state index contributed by atoms with van der Waals surface area (Å²) in [7, 11) is -4.73. The van der Waals surface area contributed by atoms with E-state index in [0.717, 1.165) is 6.08 Å². The molecule has 0 saturated carbocycles. The van der Waals surface area contributed by atoms with Gasteiger partial charge in [0.25, 0.3) is 0 Å². The fourth-order valence-corrected chi connectivity index (χ4v) is 4.53. The van der Waals surface area contributed by atoms with Crippen LogP contribution >= 0.6 is 0 Å². The van der Waals surface area contributed by atoms with E-state index >= 15 is 0 Å². The maximum absolute atomic E-state index is 14.0. The van der Waals surface area contributed by atoms with Gasteiger partial charge in [-0.05, 0) is 24.1 Å². The van der Waals surface area contributed by atoms with Crippen molar-refractivity contribution in [1.82, 2.24) is 0 Å². The maximum atomic E-state index is 14.0. The van der Waals surface area contributed by atoms with E-state index < -0.39 is 27.2 Å². The highest BCUT2D eigenvalue weighted by Crippen LogP contribution is 2.50. The Balaban J connectivity index is 2.85. The van der Waals surface area contributed by atoms with Gasteiger partial charge in [-0.3, -0.25) is 0 Å². The van der Waals surface area contributed by atoms with E-state index in [1.807, 2.05) is 0 Å². The summed E-state index contributed by atoms with van der Waals surface area (Å²) in [5.41, 5.74) is -0.323. The number of hydrogen-bond acceptors (Lipinski definition) is 2. The molecule has 0 amide bonds. The first-order valence-electron chi connectivity index (χ1n) is 6.80. The van der Waals surface area contributed by atoms with Gasteiger partial charge < -0.3 is 0 Å². The molecule has 122 valence electrons. The Hall–Kier alpha value is -2.08. The third-order valence-corrected chi connectivity index (χ3v) is 6.09. The van der Waals surface area contributed by atoms with Crippen LogP contribution in [0, 0.1) is 0 Å². The first-order valence-corrected chi connectivity index (χ1v) is 8.28. The average molecular weight is 340 g/mol. The number of halogens is 3. The molecular weight excluding hydrogens is 325 g/mol.